The van der Waals surface area contributed by atoms with Crippen molar-refractivity contribution in [3.8, 4) is 11.5 Å². The van der Waals surface area contributed by atoms with Gasteiger partial charge >= 0.3 is 0 Å². The largest absolute Gasteiger partial charge is 0.504 e. The van der Waals surface area contributed by atoms with Crippen molar-refractivity contribution in [2.24, 2.45) is 4.99 Å². The molecule has 152 valence electrons. The second-order valence-electron chi connectivity index (χ2n) is 7.70. The number of hydrogen-bond donors (Lipinski definition) is 3. The first-order chi connectivity index (χ1) is 13.0. The summed E-state index contributed by atoms with van der Waals surface area (Å²) in [5.74, 6) is 1.55. The third-order valence-electron chi connectivity index (χ3n) is 5.17. The van der Waals surface area contributed by atoms with Gasteiger partial charge in [-0.3, -0.25) is 9.89 Å². The molecule has 3 N–H and O–H groups in total. The highest BCUT2D eigenvalue weighted by Gasteiger charge is 2.27. The zero-order chi connectivity index (χ0) is 19.7. The Morgan fingerprint density at radius 3 is 2.63 bits per heavy atom. The van der Waals surface area contributed by atoms with Crippen molar-refractivity contribution in [1.82, 2.24) is 15.5 Å². The fourth-order valence-electron chi connectivity index (χ4n) is 3.46. The van der Waals surface area contributed by atoms with Crippen molar-refractivity contribution >= 4 is 5.96 Å². The predicted molar refractivity (Wildman–Crippen MR) is 112 cm³/mol. The Morgan fingerprint density at radius 2 is 1.96 bits per heavy atom. The fraction of sp³-hybridized carbons (Fsp3) is 0.667. The van der Waals surface area contributed by atoms with Gasteiger partial charge in [0, 0.05) is 18.6 Å². The molecule has 1 aliphatic rings. The van der Waals surface area contributed by atoms with Gasteiger partial charge < -0.3 is 20.5 Å². The number of aliphatic imine (C=N–C) groups is 1. The number of guanidine groups is 1. The van der Waals surface area contributed by atoms with Crippen LogP contribution in [0.1, 0.15) is 45.6 Å². The Kier molecular flexibility index (Phi) is 8.23. The molecule has 0 spiro atoms. The highest BCUT2D eigenvalue weighted by atomic mass is 16.5. The topological polar surface area (TPSA) is 69.1 Å². The maximum atomic E-state index is 10.2. The lowest BCUT2D eigenvalue weighted by Crippen LogP contribution is -2.49. The van der Waals surface area contributed by atoms with E-state index < -0.39 is 0 Å². The molecule has 0 atom stereocenters. The van der Waals surface area contributed by atoms with Gasteiger partial charge in [0.2, 0.25) is 0 Å². The first-order valence-electron chi connectivity index (χ1n) is 10.1. The van der Waals surface area contributed by atoms with Crippen LogP contribution in [-0.4, -0.2) is 61.3 Å². The minimum Gasteiger partial charge on any atom is -0.504 e. The molecule has 2 rings (SSSR count). The lowest BCUT2D eigenvalue weighted by molar-refractivity contribution is 0.102. The molecule has 0 radical (unpaired) electrons. The second-order valence-corrected chi connectivity index (χ2v) is 7.70. The van der Waals surface area contributed by atoms with Crippen LogP contribution >= 0.6 is 0 Å². The molecule has 1 aromatic rings. The summed E-state index contributed by atoms with van der Waals surface area (Å²) in [5, 5.41) is 16.9. The molecule has 0 amide bonds. The second kappa shape index (κ2) is 10.4. The van der Waals surface area contributed by atoms with Crippen LogP contribution in [0.4, 0.5) is 0 Å². The van der Waals surface area contributed by atoms with Crippen molar-refractivity contribution < 1.29 is 9.84 Å². The van der Waals surface area contributed by atoms with E-state index in [1.54, 1.807) is 13.2 Å². The van der Waals surface area contributed by atoms with Crippen LogP contribution in [0, 0.1) is 0 Å². The van der Waals surface area contributed by atoms with Crippen molar-refractivity contribution in [2.45, 2.75) is 52.0 Å². The third kappa shape index (κ3) is 6.31. The molecule has 0 unspecified atom stereocenters. The van der Waals surface area contributed by atoms with Crippen LogP contribution in [0.2, 0.25) is 0 Å². The van der Waals surface area contributed by atoms with Gasteiger partial charge in [-0.1, -0.05) is 18.6 Å². The van der Waals surface area contributed by atoms with E-state index in [1.807, 2.05) is 12.1 Å². The molecule has 1 aliphatic heterocycles. The van der Waals surface area contributed by atoms with E-state index in [9.17, 15) is 5.11 Å². The number of phenolic OH excluding ortho intramolecular Hbond substituents is 1. The van der Waals surface area contributed by atoms with Crippen molar-refractivity contribution in [3.05, 3.63) is 23.8 Å². The Labute approximate surface area is 164 Å². The summed E-state index contributed by atoms with van der Waals surface area (Å²) < 4.78 is 5.17. The van der Waals surface area contributed by atoms with Crippen LogP contribution in [0.5, 0.6) is 11.5 Å². The van der Waals surface area contributed by atoms with E-state index in [2.05, 4.69) is 36.3 Å². The van der Waals surface area contributed by atoms with Crippen LogP contribution in [0.3, 0.4) is 0 Å². The molecular formula is C21H36N4O2. The summed E-state index contributed by atoms with van der Waals surface area (Å²) in [6, 6.07) is 5.58. The molecule has 1 aromatic carbocycles. The number of nitrogens with one attached hydrogen (secondary N) is 2. The number of nitrogens with zero attached hydrogens (tertiary/aromatic N) is 2. The summed E-state index contributed by atoms with van der Waals surface area (Å²) in [4.78, 5) is 7.37. The number of para-hydroxylation sites is 1. The highest BCUT2D eigenvalue weighted by molar-refractivity contribution is 5.79. The average molecular weight is 377 g/mol. The number of aromatic hydroxyl groups is 1. The van der Waals surface area contributed by atoms with Gasteiger partial charge in [0.15, 0.2) is 17.5 Å². The van der Waals surface area contributed by atoms with Crippen LogP contribution in [0.15, 0.2) is 23.2 Å². The first-order valence-corrected chi connectivity index (χ1v) is 10.1. The first kappa shape index (κ1) is 21.4. The molecule has 1 saturated heterocycles. The number of benzene rings is 1. The molecule has 0 aromatic heterocycles. The van der Waals surface area contributed by atoms with Gasteiger partial charge in [0.1, 0.15) is 0 Å². The van der Waals surface area contributed by atoms with Gasteiger partial charge in [-0.05, 0) is 64.8 Å². The summed E-state index contributed by atoms with van der Waals surface area (Å²) in [6.07, 6.45) is 4.62. The number of methoxy groups -OCH3 is 1. The minimum atomic E-state index is 0.0633. The summed E-state index contributed by atoms with van der Waals surface area (Å²) in [5.41, 5.74) is 0.930. The number of likely N-dealkylation sites (tertiary alicyclic amines) is 1. The van der Waals surface area contributed by atoms with Gasteiger partial charge in [-0.25, -0.2) is 0 Å². The molecule has 6 nitrogen and oxygen atoms in total. The minimum absolute atomic E-state index is 0.0633. The van der Waals surface area contributed by atoms with E-state index in [-0.39, 0.29) is 11.3 Å². The van der Waals surface area contributed by atoms with E-state index in [4.69, 9.17) is 9.73 Å². The third-order valence-corrected chi connectivity index (χ3v) is 5.17. The summed E-state index contributed by atoms with van der Waals surface area (Å²) >= 11 is 0. The quantitative estimate of drug-likeness (QED) is 0.481. The summed E-state index contributed by atoms with van der Waals surface area (Å²) in [7, 11) is 1.57. The van der Waals surface area contributed by atoms with E-state index in [1.165, 1.54) is 32.4 Å². The van der Waals surface area contributed by atoms with Gasteiger partial charge in [0.25, 0.3) is 0 Å². The number of phenols is 1. The van der Waals surface area contributed by atoms with Crippen molar-refractivity contribution in [2.75, 3.05) is 39.8 Å². The number of piperidine rings is 1. The smallest absolute Gasteiger partial charge is 0.191 e. The normalized spacial score (nSPS) is 16.2. The molecule has 1 heterocycles. The number of hydrogen-bond acceptors (Lipinski definition) is 4. The lowest BCUT2D eigenvalue weighted by Gasteiger charge is -2.40. The Bertz CT molecular complexity index is 610. The molecule has 0 bridgehead atoms. The lowest BCUT2D eigenvalue weighted by atomic mass is 9.99. The zero-order valence-electron chi connectivity index (χ0n) is 17.3. The van der Waals surface area contributed by atoms with Crippen LogP contribution < -0.4 is 15.4 Å². The molecule has 0 saturated carbocycles. The maximum absolute atomic E-state index is 10.2. The zero-order valence-corrected chi connectivity index (χ0v) is 17.3. The summed E-state index contributed by atoms with van der Waals surface area (Å²) in [6.45, 7) is 11.2. The monoisotopic (exact) mass is 376 g/mol. The van der Waals surface area contributed by atoms with Crippen molar-refractivity contribution in [1.29, 1.82) is 0 Å². The van der Waals surface area contributed by atoms with Crippen LogP contribution in [0.25, 0.3) is 0 Å². The number of ether oxygens (including phenoxy) is 1. The Hall–Kier alpha value is -1.95. The molecule has 6 heteroatoms. The highest BCUT2D eigenvalue weighted by Crippen LogP contribution is 2.29. The Balaban J connectivity index is 1.91. The van der Waals surface area contributed by atoms with Gasteiger partial charge in [-0.15, -0.1) is 0 Å². The van der Waals surface area contributed by atoms with Crippen molar-refractivity contribution in [3.63, 3.8) is 0 Å². The van der Waals surface area contributed by atoms with Gasteiger partial charge in [0.05, 0.1) is 13.7 Å². The Morgan fingerprint density at radius 1 is 1.22 bits per heavy atom. The SMILES string of the molecule is CCNC(=NCC(C)(C)N1CCCCC1)NCCc1cccc(OC)c1O. The van der Waals surface area contributed by atoms with E-state index >= 15 is 0 Å². The molecule has 0 aliphatic carbocycles. The van der Waals surface area contributed by atoms with Crippen LogP contribution in [-0.2, 0) is 6.42 Å². The van der Waals surface area contributed by atoms with E-state index in [0.717, 1.165) is 24.6 Å². The average Bonchev–Trinajstić information content (AvgIpc) is 2.68. The number of rotatable bonds is 8. The van der Waals surface area contributed by atoms with Gasteiger partial charge in [-0.2, -0.15) is 0 Å². The molecular weight excluding hydrogens is 340 g/mol. The molecule has 27 heavy (non-hydrogen) atoms. The predicted octanol–water partition coefficient (Wildman–Crippen LogP) is 2.76. The van der Waals surface area contributed by atoms with E-state index in [0.29, 0.717) is 18.7 Å². The fourth-order valence-corrected chi connectivity index (χ4v) is 3.46. The standard InChI is InChI=1S/C21H36N4O2/c1-5-22-20(24-16-21(2,3)25-14-7-6-8-15-25)23-13-12-17-10-9-11-18(27-4)19(17)26/h9-11,26H,5-8,12-16H2,1-4H3,(H2,22,23,24). The molecule has 1 fully saturated rings. The maximum Gasteiger partial charge on any atom is 0.191 e.